The van der Waals surface area contributed by atoms with Crippen molar-refractivity contribution >= 4 is 28.4 Å². The smallest absolute Gasteiger partial charge is 0.247 e. The minimum absolute atomic E-state index is 0.00152. The number of amides is 2. The number of likely N-dealkylation sites (tertiary alicyclic amines) is 1. The van der Waals surface area contributed by atoms with E-state index in [9.17, 15) is 9.59 Å². The van der Waals surface area contributed by atoms with E-state index >= 15 is 0 Å². The number of H-pyrrole nitrogens is 1. The standard InChI is InChI=1S/C22H23N3O3/c1-14-7-9-20(28-2)18(11-14)24-22(27)19-8-10-21(26)25(19)13-15-12-23-17-6-4-3-5-16(15)17/h3-7,9,11-12,19,23H,8,10,13H2,1-2H3,(H,24,27). The maximum absolute atomic E-state index is 13.0. The van der Waals surface area contributed by atoms with E-state index in [2.05, 4.69) is 10.3 Å². The van der Waals surface area contributed by atoms with Gasteiger partial charge in [-0.1, -0.05) is 24.3 Å². The maximum atomic E-state index is 13.0. The molecule has 2 N–H and O–H groups in total. The number of aryl methyl sites for hydroxylation is 1. The Balaban J connectivity index is 1.56. The van der Waals surface area contributed by atoms with Crippen LogP contribution in [-0.4, -0.2) is 34.8 Å². The lowest BCUT2D eigenvalue weighted by Gasteiger charge is -2.24. The number of benzene rings is 2. The van der Waals surface area contributed by atoms with Crippen LogP contribution in [0.5, 0.6) is 5.75 Å². The summed E-state index contributed by atoms with van der Waals surface area (Å²) in [6, 6.07) is 13.1. The van der Waals surface area contributed by atoms with E-state index in [1.54, 1.807) is 12.0 Å². The van der Waals surface area contributed by atoms with E-state index in [0.29, 0.717) is 30.8 Å². The molecule has 3 aromatic rings. The fourth-order valence-corrected chi connectivity index (χ4v) is 3.79. The van der Waals surface area contributed by atoms with E-state index in [4.69, 9.17) is 4.74 Å². The first-order chi connectivity index (χ1) is 13.6. The van der Waals surface area contributed by atoms with Gasteiger partial charge >= 0.3 is 0 Å². The van der Waals surface area contributed by atoms with E-state index in [1.807, 2.05) is 55.6 Å². The molecule has 1 aliphatic rings. The zero-order chi connectivity index (χ0) is 19.7. The number of methoxy groups -OCH3 is 1. The molecule has 1 aliphatic heterocycles. The average Bonchev–Trinajstić information content (AvgIpc) is 3.26. The highest BCUT2D eigenvalue weighted by atomic mass is 16.5. The van der Waals surface area contributed by atoms with Gasteiger partial charge in [-0.3, -0.25) is 9.59 Å². The van der Waals surface area contributed by atoms with Gasteiger partial charge in [0, 0.05) is 30.1 Å². The van der Waals surface area contributed by atoms with Crippen LogP contribution in [0.3, 0.4) is 0 Å². The number of hydrogen-bond acceptors (Lipinski definition) is 3. The van der Waals surface area contributed by atoms with Gasteiger partial charge < -0.3 is 19.9 Å². The number of aromatic nitrogens is 1. The second-order valence-corrected chi connectivity index (χ2v) is 7.13. The van der Waals surface area contributed by atoms with Crippen molar-refractivity contribution in [2.24, 2.45) is 0 Å². The summed E-state index contributed by atoms with van der Waals surface area (Å²) >= 11 is 0. The fraction of sp³-hybridized carbons (Fsp3) is 0.273. The Hall–Kier alpha value is -3.28. The molecule has 0 spiro atoms. The van der Waals surface area contributed by atoms with Crippen LogP contribution in [0, 0.1) is 6.92 Å². The highest BCUT2D eigenvalue weighted by Gasteiger charge is 2.36. The quantitative estimate of drug-likeness (QED) is 0.713. The van der Waals surface area contributed by atoms with Crippen LogP contribution in [0.15, 0.2) is 48.7 Å². The molecular weight excluding hydrogens is 354 g/mol. The zero-order valence-corrected chi connectivity index (χ0v) is 16.0. The maximum Gasteiger partial charge on any atom is 0.247 e. The second-order valence-electron chi connectivity index (χ2n) is 7.13. The summed E-state index contributed by atoms with van der Waals surface area (Å²) in [5, 5.41) is 4.02. The number of anilines is 1. The summed E-state index contributed by atoms with van der Waals surface area (Å²) in [7, 11) is 1.57. The SMILES string of the molecule is COc1ccc(C)cc1NC(=O)C1CCC(=O)N1Cc1c[nH]c2ccccc12. The number of fused-ring (bicyclic) bond motifs is 1. The molecule has 2 amide bonds. The Labute approximate surface area is 163 Å². The lowest BCUT2D eigenvalue weighted by atomic mass is 10.1. The third kappa shape index (κ3) is 3.33. The van der Waals surface area contributed by atoms with Gasteiger partial charge in [0.1, 0.15) is 11.8 Å². The first-order valence-electron chi connectivity index (χ1n) is 9.37. The monoisotopic (exact) mass is 377 g/mol. The fourth-order valence-electron chi connectivity index (χ4n) is 3.79. The molecule has 1 fully saturated rings. The number of carbonyl (C=O) groups excluding carboxylic acids is 2. The molecule has 1 unspecified atom stereocenters. The Kier molecular flexibility index (Phi) is 4.77. The first-order valence-corrected chi connectivity index (χ1v) is 9.37. The van der Waals surface area contributed by atoms with Crippen molar-refractivity contribution in [3.05, 3.63) is 59.8 Å². The van der Waals surface area contributed by atoms with Crippen molar-refractivity contribution < 1.29 is 14.3 Å². The summed E-state index contributed by atoms with van der Waals surface area (Å²) in [6.07, 6.45) is 2.81. The van der Waals surface area contributed by atoms with Crippen LogP contribution < -0.4 is 10.1 Å². The number of aromatic amines is 1. The largest absolute Gasteiger partial charge is 0.495 e. The van der Waals surface area contributed by atoms with Crippen molar-refractivity contribution in [2.45, 2.75) is 32.4 Å². The van der Waals surface area contributed by atoms with Gasteiger partial charge in [0.15, 0.2) is 0 Å². The predicted octanol–water partition coefficient (Wildman–Crippen LogP) is 3.61. The third-order valence-corrected chi connectivity index (χ3v) is 5.26. The van der Waals surface area contributed by atoms with E-state index < -0.39 is 6.04 Å². The molecule has 0 saturated carbocycles. The Morgan fingerprint density at radius 1 is 1.29 bits per heavy atom. The molecule has 0 radical (unpaired) electrons. The first kappa shape index (κ1) is 18.1. The number of hydrogen-bond donors (Lipinski definition) is 2. The van der Waals surface area contributed by atoms with Gasteiger partial charge in [-0.25, -0.2) is 0 Å². The van der Waals surface area contributed by atoms with Crippen LogP contribution in [0.1, 0.15) is 24.0 Å². The predicted molar refractivity (Wildman–Crippen MR) is 108 cm³/mol. The topological polar surface area (TPSA) is 74.4 Å². The summed E-state index contributed by atoms with van der Waals surface area (Å²) in [4.78, 5) is 30.4. The Bertz CT molecular complexity index is 1040. The minimum atomic E-state index is -0.494. The Morgan fingerprint density at radius 3 is 2.93 bits per heavy atom. The van der Waals surface area contributed by atoms with E-state index in [0.717, 1.165) is 22.0 Å². The van der Waals surface area contributed by atoms with Crippen LogP contribution in [-0.2, 0) is 16.1 Å². The normalized spacial score (nSPS) is 16.6. The van der Waals surface area contributed by atoms with Gasteiger partial charge in [0.25, 0.3) is 0 Å². The molecule has 6 heteroatoms. The van der Waals surface area contributed by atoms with Gasteiger partial charge in [0.05, 0.1) is 12.8 Å². The van der Waals surface area contributed by atoms with Gasteiger partial charge in [-0.2, -0.15) is 0 Å². The van der Waals surface area contributed by atoms with E-state index in [1.165, 1.54) is 0 Å². The molecule has 28 heavy (non-hydrogen) atoms. The number of para-hydroxylation sites is 1. The van der Waals surface area contributed by atoms with Crippen molar-refractivity contribution in [1.82, 2.24) is 9.88 Å². The highest BCUT2D eigenvalue weighted by Crippen LogP contribution is 2.29. The average molecular weight is 377 g/mol. The highest BCUT2D eigenvalue weighted by molar-refractivity contribution is 6.00. The van der Waals surface area contributed by atoms with Crippen LogP contribution >= 0.6 is 0 Å². The number of carbonyl (C=O) groups is 2. The van der Waals surface area contributed by atoms with Gasteiger partial charge in [-0.15, -0.1) is 0 Å². The lowest BCUT2D eigenvalue weighted by molar-refractivity contribution is -0.133. The van der Waals surface area contributed by atoms with Crippen molar-refractivity contribution in [3.63, 3.8) is 0 Å². The molecule has 1 atom stereocenters. The Morgan fingerprint density at radius 2 is 2.11 bits per heavy atom. The summed E-state index contributed by atoms with van der Waals surface area (Å²) in [5.74, 6) is 0.419. The molecule has 144 valence electrons. The molecule has 0 aliphatic carbocycles. The second kappa shape index (κ2) is 7.38. The third-order valence-electron chi connectivity index (χ3n) is 5.26. The summed E-state index contributed by atoms with van der Waals surface area (Å²) < 4.78 is 5.35. The molecule has 2 aromatic carbocycles. The van der Waals surface area contributed by atoms with E-state index in [-0.39, 0.29) is 11.8 Å². The number of nitrogens with one attached hydrogen (secondary N) is 2. The number of ether oxygens (including phenoxy) is 1. The van der Waals surface area contributed by atoms with Crippen LogP contribution in [0.4, 0.5) is 5.69 Å². The molecule has 1 saturated heterocycles. The number of rotatable bonds is 5. The lowest BCUT2D eigenvalue weighted by Crippen LogP contribution is -2.41. The molecule has 6 nitrogen and oxygen atoms in total. The van der Waals surface area contributed by atoms with Gasteiger partial charge in [0.2, 0.25) is 11.8 Å². The molecule has 4 rings (SSSR count). The summed E-state index contributed by atoms with van der Waals surface area (Å²) in [5.41, 5.74) is 3.68. The van der Waals surface area contributed by atoms with Crippen molar-refractivity contribution in [2.75, 3.05) is 12.4 Å². The molecule has 0 bridgehead atoms. The van der Waals surface area contributed by atoms with Crippen LogP contribution in [0.2, 0.25) is 0 Å². The molecular formula is C22H23N3O3. The van der Waals surface area contributed by atoms with Crippen molar-refractivity contribution in [1.29, 1.82) is 0 Å². The van der Waals surface area contributed by atoms with Gasteiger partial charge in [-0.05, 0) is 42.7 Å². The zero-order valence-electron chi connectivity index (χ0n) is 16.0. The minimum Gasteiger partial charge on any atom is -0.495 e. The van der Waals surface area contributed by atoms with Crippen molar-refractivity contribution in [3.8, 4) is 5.75 Å². The summed E-state index contributed by atoms with van der Waals surface area (Å²) in [6.45, 7) is 2.36. The molecule has 2 heterocycles. The van der Waals surface area contributed by atoms with Crippen LogP contribution in [0.25, 0.3) is 10.9 Å². The number of nitrogens with zero attached hydrogens (tertiary/aromatic N) is 1. The molecule has 1 aromatic heterocycles.